The molecule has 0 radical (unpaired) electrons. The van der Waals surface area contributed by atoms with Crippen molar-refractivity contribution in [2.75, 3.05) is 26.3 Å². The van der Waals surface area contributed by atoms with Gasteiger partial charge in [-0.05, 0) is 52.4 Å². The summed E-state index contributed by atoms with van der Waals surface area (Å²) in [6, 6.07) is 0.667. The molecule has 0 aromatic heterocycles. The molecule has 0 aromatic rings. The van der Waals surface area contributed by atoms with E-state index in [9.17, 15) is 0 Å². The Morgan fingerprint density at radius 1 is 1.10 bits per heavy atom. The predicted molar refractivity (Wildman–Crippen MR) is 84.2 cm³/mol. The molecule has 0 bridgehead atoms. The maximum Gasteiger partial charge on any atom is 0.490 e. The molecule has 0 unspecified atom stereocenters. The Morgan fingerprint density at radius 2 is 1.71 bits per heavy atom. The van der Waals surface area contributed by atoms with Crippen LogP contribution in [-0.4, -0.2) is 55.6 Å². The Hall–Kier alpha value is -0.355. The number of rotatable bonds is 2. The van der Waals surface area contributed by atoms with Crippen LogP contribution in [0.1, 0.15) is 47.0 Å². The monoisotopic (exact) mass is 293 g/mol. The van der Waals surface area contributed by atoms with Crippen LogP contribution >= 0.6 is 0 Å². The Morgan fingerprint density at radius 3 is 2.24 bits per heavy atom. The Balaban J connectivity index is 1.60. The van der Waals surface area contributed by atoms with E-state index in [1.165, 1.54) is 11.9 Å². The normalized spacial score (nSPS) is 33.0. The maximum absolute atomic E-state index is 6.16. The summed E-state index contributed by atoms with van der Waals surface area (Å²) in [6.45, 7) is 12.4. The van der Waals surface area contributed by atoms with E-state index in [0.717, 1.165) is 39.1 Å². The van der Waals surface area contributed by atoms with Crippen molar-refractivity contribution in [3.05, 3.63) is 11.5 Å². The van der Waals surface area contributed by atoms with Crippen molar-refractivity contribution in [3.8, 4) is 0 Å². The molecule has 3 aliphatic rings. The molecule has 21 heavy (non-hydrogen) atoms. The topological polar surface area (TPSA) is 30.9 Å². The summed E-state index contributed by atoms with van der Waals surface area (Å²) in [5, 5.41) is 0. The number of morpholine rings is 1. The first-order valence-corrected chi connectivity index (χ1v) is 8.25. The summed E-state index contributed by atoms with van der Waals surface area (Å²) in [6.07, 6.45) is 5.75. The lowest BCUT2D eigenvalue weighted by molar-refractivity contribution is 0.00578. The zero-order chi connectivity index (χ0) is 15.1. The third-order valence-corrected chi connectivity index (χ3v) is 5.54. The molecule has 0 amide bonds. The van der Waals surface area contributed by atoms with E-state index >= 15 is 0 Å². The second-order valence-electron chi connectivity index (χ2n) is 7.44. The van der Waals surface area contributed by atoms with Crippen molar-refractivity contribution in [3.63, 3.8) is 0 Å². The molecule has 0 saturated carbocycles. The van der Waals surface area contributed by atoms with Crippen LogP contribution in [0.5, 0.6) is 0 Å². The van der Waals surface area contributed by atoms with Crippen LogP contribution in [-0.2, 0) is 14.0 Å². The minimum Gasteiger partial charge on any atom is -0.400 e. The molecule has 2 heterocycles. The molecule has 1 aliphatic carbocycles. The van der Waals surface area contributed by atoms with Crippen molar-refractivity contribution in [1.82, 2.24) is 4.90 Å². The van der Waals surface area contributed by atoms with Crippen LogP contribution in [0.2, 0.25) is 0 Å². The second kappa shape index (κ2) is 5.69. The van der Waals surface area contributed by atoms with Crippen LogP contribution in [0.15, 0.2) is 11.5 Å². The lowest BCUT2D eigenvalue weighted by atomic mass is 9.71. The molecule has 0 aromatic carbocycles. The molecule has 0 spiro atoms. The molecule has 118 valence electrons. The third kappa shape index (κ3) is 3.07. The van der Waals surface area contributed by atoms with E-state index in [-0.39, 0.29) is 18.3 Å². The van der Waals surface area contributed by atoms with Crippen molar-refractivity contribution in [2.24, 2.45) is 0 Å². The lowest BCUT2D eigenvalue weighted by Crippen LogP contribution is -2.44. The largest absolute Gasteiger partial charge is 0.490 e. The van der Waals surface area contributed by atoms with E-state index in [1.807, 2.05) is 0 Å². The molecule has 3 rings (SSSR count). The van der Waals surface area contributed by atoms with Gasteiger partial charge >= 0.3 is 7.12 Å². The first-order chi connectivity index (χ1) is 9.89. The average molecular weight is 293 g/mol. The quantitative estimate of drug-likeness (QED) is 0.732. The minimum absolute atomic E-state index is 0.152. The maximum atomic E-state index is 6.16. The molecular weight excluding hydrogens is 265 g/mol. The van der Waals surface area contributed by atoms with Gasteiger partial charge in [-0.2, -0.15) is 0 Å². The number of hydrogen-bond donors (Lipinski definition) is 0. The van der Waals surface area contributed by atoms with Gasteiger partial charge in [0.25, 0.3) is 0 Å². The van der Waals surface area contributed by atoms with Crippen LogP contribution in [0.25, 0.3) is 0 Å². The molecule has 5 heteroatoms. The Bertz CT molecular complexity index is 400. The fourth-order valence-corrected chi connectivity index (χ4v) is 3.32. The van der Waals surface area contributed by atoms with Crippen molar-refractivity contribution < 1.29 is 14.0 Å². The van der Waals surface area contributed by atoms with Gasteiger partial charge in [0.2, 0.25) is 0 Å². The van der Waals surface area contributed by atoms with Crippen LogP contribution in [0.3, 0.4) is 0 Å². The van der Waals surface area contributed by atoms with E-state index in [4.69, 9.17) is 14.0 Å². The third-order valence-electron chi connectivity index (χ3n) is 5.54. The van der Waals surface area contributed by atoms with Crippen molar-refractivity contribution >= 4 is 7.12 Å². The predicted octanol–water partition coefficient (Wildman–Crippen LogP) is 2.43. The Labute approximate surface area is 128 Å². The van der Waals surface area contributed by atoms with Crippen LogP contribution < -0.4 is 0 Å². The van der Waals surface area contributed by atoms with E-state index < -0.39 is 0 Å². The summed E-state index contributed by atoms with van der Waals surface area (Å²) in [4.78, 5) is 2.57. The zero-order valence-corrected chi connectivity index (χ0v) is 13.9. The van der Waals surface area contributed by atoms with Crippen LogP contribution in [0.4, 0.5) is 0 Å². The molecule has 0 N–H and O–H groups in total. The van der Waals surface area contributed by atoms with Crippen molar-refractivity contribution in [1.29, 1.82) is 0 Å². The second-order valence-corrected chi connectivity index (χ2v) is 7.44. The van der Waals surface area contributed by atoms with E-state index in [0.29, 0.717) is 6.04 Å². The SMILES string of the molecule is CC1(C)OB(C2=CC[C@@H](N3CCOCC3)CC2)OC1(C)C. The van der Waals surface area contributed by atoms with Gasteiger partial charge in [-0.3, -0.25) is 4.90 Å². The fraction of sp³-hybridized carbons (Fsp3) is 0.875. The van der Waals surface area contributed by atoms with Gasteiger partial charge in [0.05, 0.1) is 24.4 Å². The summed E-state index contributed by atoms with van der Waals surface area (Å²) < 4.78 is 17.8. The van der Waals surface area contributed by atoms with Crippen LogP contribution in [0, 0.1) is 0 Å². The molecule has 2 fully saturated rings. The molecule has 1 atom stereocenters. The van der Waals surface area contributed by atoms with Gasteiger partial charge in [0.15, 0.2) is 0 Å². The number of nitrogens with zero attached hydrogens (tertiary/aromatic N) is 1. The van der Waals surface area contributed by atoms with E-state index in [1.54, 1.807) is 0 Å². The van der Waals surface area contributed by atoms with E-state index in [2.05, 4.69) is 38.7 Å². The highest BCUT2D eigenvalue weighted by Crippen LogP contribution is 2.40. The average Bonchev–Trinajstić information content (AvgIpc) is 2.69. The Kier molecular flexibility index (Phi) is 4.21. The smallest absolute Gasteiger partial charge is 0.400 e. The lowest BCUT2D eigenvalue weighted by Gasteiger charge is -2.36. The van der Waals surface area contributed by atoms with Gasteiger partial charge in [0, 0.05) is 19.1 Å². The van der Waals surface area contributed by atoms with Crippen molar-refractivity contribution in [2.45, 2.75) is 64.2 Å². The fourth-order valence-electron chi connectivity index (χ4n) is 3.32. The highest BCUT2D eigenvalue weighted by atomic mass is 16.7. The minimum atomic E-state index is -0.237. The summed E-state index contributed by atoms with van der Waals surface area (Å²) in [5.41, 5.74) is 0.859. The number of hydrogen-bond acceptors (Lipinski definition) is 4. The number of allylic oxidation sites excluding steroid dienone is 1. The summed E-state index contributed by atoms with van der Waals surface area (Å²) >= 11 is 0. The van der Waals surface area contributed by atoms with Gasteiger partial charge in [-0.25, -0.2) is 0 Å². The van der Waals surface area contributed by atoms with Gasteiger partial charge in [-0.15, -0.1) is 0 Å². The summed E-state index contributed by atoms with van der Waals surface area (Å²) in [7, 11) is -0.152. The van der Waals surface area contributed by atoms with Gasteiger partial charge in [0.1, 0.15) is 0 Å². The zero-order valence-electron chi connectivity index (χ0n) is 13.9. The summed E-state index contributed by atoms with van der Waals surface area (Å²) in [5.74, 6) is 0. The molecule has 2 saturated heterocycles. The number of ether oxygens (including phenoxy) is 1. The van der Waals surface area contributed by atoms with Gasteiger partial charge in [-0.1, -0.05) is 6.08 Å². The molecular formula is C16H28BNO3. The van der Waals surface area contributed by atoms with Gasteiger partial charge < -0.3 is 14.0 Å². The molecule has 2 aliphatic heterocycles. The highest BCUT2D eigenvalue weighted by molar-refractivity contribution is 6.54. The standard InChI is InChI=1S/C16H28BNO3/c1-15(2)16(3,4)21-17(20-15)13-5-7-14(8-6-13)18-9-11-19-12-10-18/h5,14H,6-12H2,1-4H3/t14-/m1/s1. The highest BCUT2D eigenvalue weighted by Gasteiger charge is 2.52. The molecule has 4 nitrogen and oxygen atoms in total. The first-order valence-electron chi connectivity index (χ1n) is 8.25. The first kappa shape index (κ1) is 15.5.